The van der Waals surface area contributed by atoms with E-state index in [2.05, 4.69) is 0 Å². The summed E-state index contributed by atoms with van der Waals surface area (Å²) in [5.74, 6) is 0.710. The summed E-state index contributed by atoms with van der Waals surface area (Å²) < 4.78 is 25.3. The number of ether oxygens (including phenoxy) is 2. The Labute approximate surface area is 238 Å². The van der Waals surface area contributed by atoms with Gasteiger partial charge in [-0.15, -0.1) is 0 Å². The lowest BCUT2D eigenvalue weighted by atomic mass is 10.1. The van der Waals surface area contributed by atoms with Crippen molar-refractivity contribution < 1.29 is 18.7 Å². The molecule has 0 saturated carbocycles. The van der Waals surface area contributed by atoms with Gasteiger partial charge in [-0.3, -0.25) is 14.7 Å². The molecule has 0 aliphatic carbocycles. The number of carbonyl (C=O) groups excluding carboxylic acids is 1. The van der Waals surface area contributed by atoms with E-state index in [1.165, 1.54) is 23.9 Å². The highest BCUT2D eigenvalue weighted by Crippen LogP contribution is 2.36. The molecule has 0 radical (unpaired) electrons. The molecule has 7 heteroatoms. The summed E-state index contributed by atoms with van der Waals surface area (Å²) in [6, 6.07) is 31.7. The Bertz CT molecular complexity index is 1520. The molecular formula is C33H29FN2O3S. The molecule has 1 aliphatic rings. The van der Waals surface area contributed by atoms with Gasteiger partial charge in [-0.2, -0.15) is 0 Å². The number of rotatable bonds is 10. The van der Waals surface area contributed by atoms with Gasteiger partial charge in [-0.25, -0.2) is 4.39 Å². The van der Waals surface area contributed by atoms with E-state index in [1.54, 1.807) is 11.0 Å². The van der Waals surface area contributed by atoms with E-state index in [1.807, 2.05) is 97.9 Å². The Balaban J connectivity index is 1.39. The molecule has 202 valence electrons. The van der Waals surface area contributed by atoms with Crippen molar-refractivity contribution in [3.8, 4) is 11.5 Å². The van der Waals surface area contributed by atoms with Crippen molar-refractivity contribution in [2.24, 2.45) is 4.99 Å². The molecule has 0 bridgehead atoms. The molecule has 1 aliphatic heterocycles. The molecule has 1 saturated heterocycles. The fourth-order valence-corrected chi connectivity index (χ4v) is 5.19. The minimum atomic E-state index is -0.306. The number of benzene rings is 4. The van der Waals surface area contributed by atoms with Gasteiger partial charge in [0, 0.05) is 0 Å². The monoisotopic (exact) mass is 552 g/mol. The summed E-state index contributed by atoms with van der Waals surface area (Å²) in [7, 11) is 0. The number of amides is 1. The van der Waals surface area contributed by atoms with Crippen LogP contribution in [0.2, 0.25) is 0 Å². The molecule has 5 nitrogen and oxygen atoms in total. The zero-order valence-corrected chi connectivity index (χ0v) is 22.9. The molecule has 0 atom stereocenters. The number of amidine groups is 1. The zero-order valence-electron chi connectivity index (χ0n) is 22.1. The molecule has 1 heterocycles. The first kappa shape index (κ1) is 27.2. The second kappa shape index (κ2) is 13.1. The number of halogens is 1. The van der Waals surface area contributed by atoms with Crippen LogP contribution >= 0.6 is 11.8 Å². The van der Waals surface area contributed by atoms with Gasteiger partial charge >= 0.3 is 0 Å². The Morgan fingerprint density at radius 1 is 0.825 bits per heavy atom. The van der Waals surface area contributed by atoms with Crippen LogP contribution in [0.3, 0.4) is 0 Å². The third-order valence-electron chi connectivity index (χ3n) is 6.16. The van der Waals surface area contributed by atoms with Crippen LogP contribution in [-0.2, 0) is 24.5 Å². The van der Waals surface area contributed by atoms with Crippen LogP contribution in [0.5, 0.6) is 11.5 Å². The fourth-order valence-electron chi connectivity index (χ4n) is 4.21. The van der Waals surface area contributed by atoms with E-state index < -0.39 is 0 Å². The average Bonchev–Trinajstić information content (AvgIpc) is 3.26. The predicted molar refractivity (Wildman–Crippen MR) is 158 cm³/mol. The number of nitrogens with zero attached hydrogens (tertiary/aromatic N) is 2. The van der Waals surface area contributed by atoms with Crippen LogP contribution in [0, 0.1) is 5.82 Å². The standard InChI is InChI=1S/C33H29FN2O3S/c1-2-38-30-19-26(16-17-29(30)39-23-27-14-9-15-28(34)18-27)20-31-32(37)36(22-25-12-7-4-8-13-25)33(40-31)35-21-24-10-5-3-6-11-24/h3-20H,2,21-23H2,1H3/b31-20+,35-33?. The maximum absolute atomic E-state index is 13.6. The van der Waals surface area contributed by atoms with Crippen molar-refractivity contribution in [1.29, 1.82) is 0 Å². The van der Waals surface area contributed by atoms with Crippen molar-refractivity contribution >= 4 is 28.9 Å². The Morgan fingerprint density at radius 2 is 1.55 bits per heavy atom. The van der Waals surface area contributed by atoms with Gasteiger partial charge in [0.15, 0.2) is 16.7 Å². The van der Waals surface area contributed by atoms with Crippen LogP contribution in [0.25, 0.3) is 6.08 Å². The van der Waals surface area contributed by atoms with Crippen LogP contribution in [0.1, 0.15) is 29.2 Å². The summed E-state index contributed by atoms with van der Waals surface area (Å²) in [4.78, 5) is 20.7. The molecule has 0 spiro atoms. The number of carbonyl (C=O) groups is 1. The van der Waals surface area contributed by atoms with E-state index in [-0.39, 0.29) is 18.3 Å². The van der Waals surface area contributed by atoms with Gasteiger partial charge in [-0.05, 0) is 71.3 Å². The molecule has 5 rings (SSSR count). The zero-order chi connectivity index (χ0) is 27.7. The largest absolute Gasteiger partial charge is 0.490 e. The number of thioether (sulfide) groups is 1. The predicted octanol–water partition coefficient (Wildman–Crippen LogP) is 7.48. The number of hydrogen-bond donors (Lipinski definition) is 0. The van der Waals surface area contributed by atoms with Crippen LogP contribution < -0.4 is 9.47 Å². The summed E-state index contributed by atoms with van der Waals surface area (Å²) in [5, 5.41) is 0.670. The normalized spacial score (nSPS) is 15.2. The summed E-state index contributed by atoms with van der Waals surface area (Å²) in [6.07, 6.45) is 1.86. The van der Waals surface area contributed by atoms with Gasteiger partial charge in [0.25, 0.3) is 5.91 Å². The van der Waals surface area contributed by atoms with E-state index in [0.717, 1.165) is 22.3 Å². The highest BCUT2D eigenvalue weighted by Gasteiger charge is 2.33. The molecular weight excluding hydrogens is 523 g/mol. The molecule has 1 amide bonds. The quantitative estimate of drug-likeness (QED) is 0.192. The number of aliphatic imine (C=N–C) groups is 1. The van der Waals surface area contributed by atoms with Crippen LogP contribution in [-0.4, -0.2) is 22.6 Å². The van der Waals surface area contributed by atoms with Crippen molar-refractivity contribution in [2.45, 2.75) is 26.6 Å². The summed E-state index contributed by atoms with van der Waals surface area (Å²) in [5.41, 5.74) is 3.64. The smallest absolute Gasteiger partial charge is 0.267 e. The van der Waals surface area contributed by atoms with Crippen molar-refractivity contribution in [3.05, 3.63) is 136 Å². The molecule has 40 heavy (non-hydrogen) atoms. The minimum Gasteiger partial charge on any atom is -0.490 e. The average molecular weight is 553 g/mol. The van der Waals surface area contributed by atoms with Gasteiger partial charge in [0.2, 0.25) is 0 Å². The lowest BCUT2D eigenvalue weighted by Crippen LogP contribution is -2.28. The second-order valence-corrected chi connectivity index (χ2v) is 10.1. The highest BCUT2D eigenvalue weighted by molar-refractivity contribution is 8.18. The lowest BCUT2D eigenvalue weighted by Gasteiger charge is -2.15. The first-order valence-corrected chi connectivity index (χ1v) is 13.9. The molecule has 0 N–H and O–H groups in total. The second-order valence-electron chi connectivity index (χ2n) is 9.13. The van der Waals surface area contributed by atoms with Crippen molar-refractivity contribution in [2.75, 3.05) is 6.61 Å². The summed E-state index contributed by atoms with van der Waals surface area (Å²) in [6.45, 7) is 3.48. The molecule has 1 fully saturated rings. The maximum Gasteiger partial charge on any atom is 0.267 e. The van der Waals surface area contributed by atoms with Gasteiger partial charge in [0.1, 0.15) is 12.4 Å². The Kier molecular flexibility index (Phi) is 8.93. The number of hydrogen-bond acceptors (Lipinski definition) is 5. The maximum atomic E-state index is 13.6. The molecule has 0 unspecified atom stereocenters. The molecule has 4 aromatic carbocycles. The molecule has 4 aromatic rings. The van der Waals surface area contributed by atoms with Gasteiger partial charge < -0.3 is 9.47 Å². The fraction of sp³-hybridized carbons (Fsp3) is 0.152. The van der Waals surface area contributed by atoms with Gasteiger partial charge in [0.05, 0.1) is 24.6 Å². The van der Waals surface area contributed by atoms with Gasteiger partial charge in [-0.1, -0.05) is 78.9 Å². The van der Waals surface area contributed by atoms with E-state index >= 15 is 0 Å². The van der Waals surface area contributed by atoms with Crippen molar-refractivity contribution in [3.63, 3.8) is 0 Å². The first-order valence-electron chi connectivity index (χ1n) is 13.1. The Morgan fingerprint density at radius 3 is 2.27 bits per heavy atom. The van der Waals surface area contributed by atoms with Crippen LogP contribution in [0.4, 0.5) is 4.39 Å². The third-order valence-corrected chi connectivity index (χ3v) is 7.20. The topological polar surface area (TPSA) is 51.1 Å². The molecule has 0 aromatic heterocycles. The first-order chi connectivity index (χ1) is 19.6. The highest BCUT2D eigenvalue weighted by atomic mass is 32.2. The van der Waals surface area contributed by atoms with E-state index in [9.17, 15) is 9.18 Å². The summed E-state index contributed by atoms with van der Waals surface area (Å²) >= 11 is 1.37. The Hall–Kier alpha value is -4.36. The lowest BCUT2D eigenvalue weighted by molar-refractivity contribution is -0.122. The van der Waals surface area contributed by atoms with Crippen LogP contribution in [0.15, 0.2) is 113 Å². The third kappa shape index (κ3) is 6.98. The minimum absolute atomic E-state index is 0.0925. The van der Waals surface area contributed by atoms with Crippen molar-refractivity contribution in [1.82, 2.24) is 4.90 Å². The van der Waals surface area contributed by atoms with E-state index in [4.69, 9.17) is 14.5 Å². The van der Waals surface area contributed by atoms with E-state index in [0.29, 0.717) is 41.3 Å². The SMILES string of the molecule is CCOc1cc(/C=C2/SC(=NCc3ccccc3)N(Cc3ccccc3)C2=O)ccc1OCc1cccc(F)c1.